The second kappa shape index (κ2) is 12.7. The van der Waals surface area contributed by atoms with Gasteiger partial charge in [-0.05, 0) is 37.7 Å². The predicted molar refractivity (Wildman–Crippen MR) is 120 cm³/mol. The number of guanidine groups is 1. The molecule has 170 valence electrons. The van der Waals surface area contributed by atoms with Gasteiger partial charge >= 0.3 is 6.61 Å². The van der Waals surface area contributed by atoms with Gasteiger partial charge in [-0.15, -0.1) is 0 Å². The standard InChI is InChI=1S/C23H32F2N4O2/c1-5-29(4)16-18-10-7-9-17(13-18)14-27-23(26-3)28-15-19-11-8-12-20(30-6-2)21(19)31-22(24)25/h7-13,22H,5-6,14-16H2,1-4H3,(H2,26,27,28). The summed E-state index contributed by atoms with van der Waals surface area (Å²) in [4.78, 5) is 6.46. The third-order valence-electron chi connectivity index (χ3n) is 4.68. The topological polar surface area (TPSA) is 58.1 Å². The molecule has 0 atom stereocenters. The SMILES string of the molecule is CCOc1cccc(CNC(=NC)NCc2cccc(CN(C)CC)c2)c1OC(F)F. The first kappa shape index (κ1) is 24.4. The molecule has 2 aromatic carbocycles. The maximum Gasteiger partial charge on any atom is 0.387 e. The smallest absolute Gasteiger partial charge is 0.387 e. The van der Waals surface area contributed by atoms with E-state index < -0.39 is 6.61 Å². The van der Waals surface area contributed by atoms with Crippen LogP contribution < -0.4 is 20.1 Å². The van der Waals surface area contributed by atoms with Crippen molar-refractivity contribution < 1.29 is 18.3 Å². The number of ether oxygens (including phenoxy) is 2. The van der Waals surface area contributed by atoms with Crippen LogP contribution in [0.1, 0.15) is 30.5 Å². The fourth-order valence-corrected chi connectivity index (χ4v) is 3.04. The van der Waals surface area contributed by atoms with Crippen molar-refractivity contribution in [1.82, 2.24) is 15.5 Å². The first-order valence-electron chi connectivity index (χ1n) is 10.4. The van der Waals surface area contributed by atoms with E-state index in [0.29, 0.717) is 30.4 Å². The van der Waals surface area contributed by atoms with Crippen LogP contribution in [0.25, 0.3) is 0 Å². The highest BCUT2D eigenvalue weighted by Crippen LogP contribution is 2.32. The minimum Gasteiger partial charge on any atom is -0.490 e. The summed E-state index contributed by atoms with van der Waals surface area (Å²) in [6.07, 6.45) is 0. The van der Waals surface area contributed by atoms with Crippen LogP contribution in [0.2, 0.25) is 0 Å². The molecule has 0 bridgehead atoms. The number of hydrogen-bond acceptors (Lipinski definition) is 4. The molecule has 0 saturated heterocycles. The molecule has 2 rings (SSSR count). The van der Waals surface area contributed by atoms with Gasteiger partial charge in [0.05, 0.1) is 6.61 Å². The Labute approximate surface area is 183 Å². The molecule has 31 heavy (non-hydrogen) atoms. The fraction of sp³-hybridized carbons (Fsp3) is 0.435. The monoisotopic (exact) mass is 434 g/mol. The Morgan fingerprint density at radius 3 is 2.45 bits per heavy atom. The third kappa shape index (κ3) is 8.05. The Kier molecular flexibility index (Phi) is 10.0. The lowest BCUT2D eigenvalue weighted by atomic mass is 10.1. The molecule has 0 radical (unpaired) electrons. The predicted octanol–water partition coefficient (Wildman–Crippen LogP) is 4.00. The summed E-state index contributed by atoms with van der Waals surface area (Å²) < 4.78 is 35.9. The van der Waals surface area contributed by atoms with E-state index >= 15 is 0 Å². The number of aliphatic imine (C=N–C) groups is 1. The highest BCUT2D eigenvalue weighted by molar-refractivity contribution is 5.79. The summed E-state index contributed by atoms with van der Waals surface area (Å²) in [5.74, 6) is 0.884. The van der Waals surface area contributed by atoms with Crippen molar-refractivity contribution in [2.24, 2.45) is 4.99 Å². The molecule has 0 heterocycles. The zero-order valence-corrected chi connectivity index (χ0v) is 18.6. The molecule has 0 amide bonds. The maximum absolute atomic E-state index is 12.9. The van der Waals surface area contributed by atoms with Crippen molar-refractivity contribution in [1.29, 1.82) is 0 Å². The van der Waals surface area contributed by atoms with E-state index in [2.05, 4.69) is 52.7 Å². The van der Waals surface area contributed by atoms with Crippen LogP contribution in [0.4, 0.5) is 8.78 Å². The lowest BCUT2D eigenvalue weighted by molar-refractivity contribution is -0.0520. The van der Waals surface area contributed by atoms with Crippen LogP contribution in [0, 0.1) is 0 Å². The van der Waals surface area contributed by atoms with Gasteiger partial charge in [0.2, 0.25) is 0 Å². The summed E-state index contributed by atoms with van der Waals surface area (Å²) in [6, 6.07) is 13.4. The largest absolute Gasteiger partial charge is 0.490 e. The Bertz CT molecular complexity index is 846. The van der Waals surface area contributed by atoms with Crippen molar-refractivity contribution in [3.05, 3.63) is 59.2 Å². The average molecular weight is 435 g/mol. The Morgan fingerprint density at radius 1 is 1.06 bits per heavy atom. The molecule has 0 fully saturated rings. The molecule has 0 spiro atoms. The van der Waals surface area contributed by atoms with Crippen LogP contribution in [-0.4, -0.2) is 44.7 Å². The van der Waals surface area contributed by atoms with E-state index in [1.165, 1.54) is 5.56 Å². The molecule has 6 nitrogen and oxygen atoms in total. The van der Waals surface area contributed by atoms with E-state index in [1.807, 2.05) is 6.07 Å². The summed E-state index contributed by atoms with van der Waals surface area (Å²) in [5, 5.41) is 6.40. The zero-order chi connectivity index (χ0) is 22.6. The summed E-state index contributed by atoms with van der Waals surface area (Å²) in [6.45, 7) is 4.05. The summed E-state index contributed by atoms with van der Waals surface area (Å²) >= 11 is 0. The lowest BCUT2D eigenvalue weighted by Gasteiger charge is -2.17. The van der Waals surface area contributed by atoms with E-state index in [4.69, 9.17) is 9.47 Å². The number of hydrogen-bond donors (Lipinski definition) is 2. The van der Waals surface area contributed by atoms with Crippen LogP contribution in [0.5, 0.6) is 11.5 Å². The molecule has 0 aliphatic rings. The minimum atomic E-state index is -2.93. The second-order valence-corrected chi connectivity index (χ2v) is 6.99. The van der Waals surface area contributed by atoms with Crippen molar-refractivity contribution in [2.75, 3.05) is 27.2 Å². The molecule has 0 saturated carbocycles. The first-order valence-corrected chi connectivity index (χ1v) is 10.4. The molecule has 0 aliphatic heterocycles. The molecular weight excluding hydrogens is 402 g/mol. The minimum absolute atomic E-state index is 0.0371. The van der Waals surface area contributed by atoms with Crippen molar-refractivity contribution in [3.8, 4) is 11.5 Å². The summed E-state index contributed by atoms with van der Waals surface area (Å²) in [5.41, 5.74) is 2.93. The molecule has 2 aromatic rings. The van der Waals surface area contributed by atoms with Crippen molar-refractivity contribution in [3.63, 3.8) is 0 Å². The maximum atomic E-state index is 12.9. The van der Waals surface area contributed by atoms with Crippen LogP contribution in [0.3, 0.4) is 0 Å². The van der Waals surface area contributed by atoms with Gasteiger partial charge in [0, 0.05) is 32.2 Å². The van der Waals surface area contributed by atoms with E-state index in [9.17, 15) is 8.78 Å². The van der Waals surface area contributed by atoms with Gasteiger partial charge in [0.15, 0.2) is 17.5 Å². The lowest BCUT2D eigenvalue weighted by Crippen LogP contribution is -2.36. The van der Waals surface area contributed by atoms with Gasteiger partial charge in [0.1, 0.15) is 0 Å². The molecule has 2 N–H and O–H groups in total. The van der Waals surface area contributed by atoms with Gasteiger partial charge in [0.25, 0.3) is 0 Å². The van der Waals surface area contributed by atoms with Gasteiger partial charge in [-0.2, -0.15) is 8.78 Å². The molecular formula is C23H32F2N4O2. The highest BCUT2D eigenvalue weighted by Gasteiger charge is 2.16. The molecule has 0 aliphatic carbocycles. The summed E-state index contributed by atoms with van der Waals surface area (Å²) in [7, 11) is 3.75. The van der Waals surface area contributed by atoms with Gasteiger partial charge in [-0.3, -0.25) is 4.99 Å². The number of halogens is 2. The number of benzene rings is 2. The number of para-hydroxylation sites is 1. The van der Waals surface area contributed by atoms with Gasteiger partial charge < -0.3 is 25.0 Å². The fourth-order valence-electron chi connectivity index (χ4n) is 3.04. The molecule has 8 heteroatoms. The van der Waals surface area contributed by atoms with Gasteiger partial charge in [-0.25, -0.2) is 0 Å². The first-order chi connectivity index (χ1) is 15.0. The highest BCUT2D eigenvalue weighted by atomic mass is 19.3. The Hall–Kier alpha value is -2.87. The van der Waals surface area contributed by atoms with E-state index in [-0.39, 0.29) is 12.3 Å². The molecule has 0 unspecified atom stereocenters. The van der Waals surface area contributed by atoms with Crippen LogP contribution in [-0.2, 0) is 19.6 Å². The van der Waals surface area contributed by atoms with Crippen LogP contribution in [0.15, 0.2) is 47.5 Å². The van der Waals surface area contributed by atoms with E-state index in [0.717, 1.165) is 18.7 Å². The normalized spacial score (nSPS) is 11.7. The van der Waals surface area contributed by atoms with Crippen LogP contribution >= 0.6 is 0 Å². The number of nitrogens with zero attached hydrogens (tertiary/aromatic N) is 2. The zero-order valence-electron chi connectivity index (χ0n) is 18.6. The average Bonchev–Trinajstić information content (AvgIpc) is 2.75. The quantitative estimate of drug-likeness (QED) is 0.414. The molecule has 0 aromatic heterocycles. The van der Waals surface area contributed by atoms with Crippen molar-refractivity contribution >= 4 is 5.96 Å². The number of nitrogens with one attached hydrogen (secondary N) is 2. The number of alkyl halides is 2. The van der Waals surface area contributed by atoms with Crippen molar-refractivity contribution in [2.45, 2.75) is 40.1 Å². The van der Waals surface area contributed by atoms with Gasteiger partial charge in [-0.1, -0.05) is 43.3 Å². The number of rotatable bonds is 11. The third-order valence-corrected chi connectivity index (χ3v) is 4.68. The second-order valence-electron chi connectivity index (χ2n) is 6.99. The Morgan fingerprint density at radius 2 is 1.77 bits per heavy atom. The van der Waals surface area contributed by atoms with E-state index in [1.54, 1.807) is 32.2 Å². The Balaban J connectivity index is 2.00.